The van der Waals surface area contributed by atoms with Crippen LogP contribution in [0.25, 0.3) is 0 Å². The largest absolute Gasteiger partial charge is 0.382 e. The number of nitrogens with two attached hydrogens (primary N) is 1. The van der Waals surface area contributed by atoms with Crippen molar-refractivity contribution in [2.45, 2.75) is 20.8 Å². The van der Waals surface area contributed by atoms with E-state index in [1.807, 2.05) is 13.0 Å². The zero-order valence-electron chi connectivity index (χ0n) is 10.1. The molecule has 1 aromatic heterocycles. The number of hydrogen-bond acceptors (Lipinski definition) is 3. The van der Waals surface area contributed by atoms with Crippen LogP contribution in [-0.2, 0) is 0 Å². The van der Waals surface area contributed by atoms with Gasteiger partial charge in [0, 0.05) is 12.7 Å². The first kappa shape index (κ1) is 13.3. The minimum atomic E-state index is 0.454. The van der Waals surface area contributed by atoms with E-state index >= 15 is 0 Å². The maximum Gasteiger partial charge on any atom is 0.152 e. The van der Waals surface area contributed by atoms with Gasteiger partial charge in [0.2, 0.25) is 0 Å². The lowest BCUT2D eigenvalue weighted by Crippen LogP contribution is -2.27. The van der Waals surface area contributed by atoms with Crippen LogP contribution in [0.15, 0.2) is 12.3 Å². The molecule has 1 heterocycles. The van der Waals surface area contributed by atoms with E-state index in [1.165, 1.54) is 0 Å². The Labute approximate surface area is 102 Å². The highest BCUT2D eigenvalue weighted by Crippen LogP contribution is 2.23. The van der Waals surface area contributed by atoms with E-state index in [2.05, 4.69) is 24.1 Å². The predicted octanol–water partition coefficient (Wildman–Crippen LogP) is 2.69. The van der Waals surface area contributed by atoms with Crippen LogP contribution in [0.1, 0.15) is 19.4 Å². The Morgan fingerprint density at radius 1 is 1.50 bits per heavy atom. The van der Waals surface area contributed by atoms with E-state index in [0.29, 0.717) is 23.5 Å². The minimum Gasteiger partial charge on any atom is -0.382 e. The van der Waals surface area contributed by atoms with Crippen LogP contribution < -0.4 is 11.1 Å². The summed E-state index contributed by atoms with van der Waals surface area (Å²) in [6.07, 6.45) is 1.71. The highest BCUT2D eigenvalue weighted by Gasteiger charge is 2.12. The SMILES string of the molecule is Cc1ccnc(Cl)c1NCC(CN)C(C)C. The summed E-state index contributed by atoms with van der Waals surface area (Å²) in [6, 6.07) is 1.95. The summed E-state index contributed by atoms with van der Waals surface area (Å²) in [7, 11) is 0. The molecule has 4 heteroatoms. The molecule has 0 saturated heterocycles. The van der Waals surface area contributed by atoms with E-state index in [1.54, 1.807) is 6.20 Å². The molecule has 0 amide bonds. The monoisotopic (exact) mass is 241 g/mol. The van der Waals surface area contributed by atoms with E-state index < -0.39 is 0 Å². The van der Waals surface area contributed by atoms with Crippen molar-refractivity contribution in [2.24, 2.45) is 17.6 Å². The fourth-order valence-electron chi connectivity index (χ4n) is 1.56. The van der Waals surface area contributed by atoms with Crippen molar-refractivity contribution in [3.05, 3.63) is 23.0 Å². The summed E-state index contributed by atoms with van der Waals surface area (Å²) in [5, 5.41) is 3.87. The Morgan fingerprint density at radius 2 is 2.19 bits per heavy atom. The molecule has 3 nitrogen and oxygen atoms in total. The Balaban J connectivity index is 2.67. The maximum atomic E-state index is 6.03. The molecule has 0 fully saturated rings. The molecular weight excluding hydrogens is 222 g/mol. The van der Waals surface area contributed by atoms with Crippen LogP contribution in [0.3, 0.4) is 0 Å². The summed E-state index contributed by atoms with van der Waals surface area (Å²) in [5.41, 5.74) is 7.76. The van der Waals surface area contributed by atoms with Crippen LogP contribution in [0, 0.1) is 18.8 Å². The van der Waals surface area contributed by atoms with Crippen LogP contribution in [0.4, 0.5) is 5.69 Å². The molecule has 0 aliphatic heterocycles. The number of hydrogen-bond donors (Lipinski definition) is 2. The number of aryl methyl sites for hydroxylation is 1. The normalized spacial score (nSPS) is 12.9. The zero-order chi connectivity index (χ0) is 12.1. The Bertz CT molecular complexity index is 319. The first-order valence-electron chi connectivity index (χ1n) is 5.61. The van der Waals surface area contributed by atoms with Gasteiger partial charge >= 0.3 is 0 Å². The molecule has 0 aliphatic rings. The topological polar surface area (TPSA) is 50.9 Å². The fourth-order valence-corrected chi connectivity index (χ4v) is 1.83. The highest BCUT2D eigenvalue weighted by molar-refractivity contribution is 6.32. The second kappa shape index (κ2) is 6.06. The molecule has 0 aromatic carbocycles. The van der Waals surface area contributed by atoms with Crippen molar-refractivity contribution in [3.8, 4) is 0 Å². The highest BCUT2D eigenvalue weighted by atomic mass is 35.5. The van der Waals surface area contributed by atoms with Crippen molar-refractivity contribution in [3.63, 3.8) is 0 Å². The third-order valence-electron chi connectivity index (χ3n) is 2.90. The maximum absolute atomic E-state index is 6.03. The number of nitrogens with one attached hydrogen (secondary N) is 1. The third-order valence-corrected chi connectivity index (χ3v) is 3.19. The second-order valence-electron chi connectivity index (χ2n) is 4.41. The predicted molar refractivity (Wildman–Crippen MR) is 69.9 cm³/mol. The van der Waals surface area contributed by atoms with Gasteiger partial charge in [0.15, 0.2) is 5.15 Å². The number of nitrogens with zero attached hydrogens (tertiary/aromatic N) is 1. The molecule has 1 unspecified atom stereocenters. The second-order valence-corrected chi connectivity index (χ2v) is 4.77. The fraction of sp³-hybridized carbons (Fsp3) is 0.583. The standard InChI is InChI=1S/C12H20ClN3/c1-8(2)10(6-14)7-16-11-9(3)4-5-15-12(11)13/h4-5,8,10,16H,6-7,14H2,1-3H3. The smallest absolute Gasteiger partial charge is 0.152 e. The van der Waals surface area contributed by atoms with Crippen molar-refractivity contribution in [1.82, 2.24) is 4.98 Å². The molecule has 1 rings (SSSR count). The summed E-state index contributed by atoms with van der Waals surface area (Å²) < 4.78 is 0. The van der Waals surface area contributed by atoms with Gasteiger partial charge in [-0.2, -0.15) is 0 Å². The quantitative estimate of drug-likeness (QED) is 0.780. The molecule has 0 radical (unpaired) electrons. The van der Waals surface area contributed by atoms with Gasteiger partial charge < -0.3 is 11.1 Å². The molecular formula is C12H20ClN3. The minimum absolute atomic E-state index is 0.454. The van der Waals surface area contributed by atoms with Gasteiger partial charge in [-0.3, -0.25) is 0 Å². The average Bonchev–Trinajstić information content (AvgIpc) is 2.22. The Kier molecular flexibility index (Phi) is 5.03. The van der Waals surface area contributed by atoms with Crippen molar-refractivity contribution < 1.29 is 0 Å². The van der Waals surface area contributed by atoms with Gasteiger partial charge in [-0.15, -0.1) is 0 Å². The Morgan fingerprint density at radius 3 is 2.69 bits per heavy atom. The third kappa shape index (κ3) is 3.35. The van der Waals surface area contributed by atoms with Crippen LogP contribution >= 0.6 is 11.6 Å². The molecule has 1 atom stereocenters. The van der Waals surface area contributed by atoms with E-state index in [4.69, 9.17) is 17.3 Å². The lowest BCUT2D eigenvalue weighted by molar-refractivity contribution is 0.413. The van der Waals surface area contributed by atoms with Gasteiger partial charge in [0.1, 0.15) is 0 Å². The van der Waals surface area contributed by atoms with Crippen LogP contribution in [-0.4, -0.2) is 18.1 Å². The van der Waals surface area contributed by atoms with E-state index in [9.17, 15) is 0 Å². The van der Waals surface area contributed by atoms with Gasteiger partial charge in [0.25, 0.3) is 0 Å². The molecule has 0 bridgehead atoms. The number of aromatic nitrogens is 1. The lowest BCUT2D eigenvalue weighted by atomic mass is 9.96. The molecule has 0 spiro atoms. The molecule has 0 saturated carbocycles. The molecule has 90 valence electrons. The summed E-state index contributed by atoms with van der Waals surface area (Å²) in [5.74, 6) is 1.02. The average molecular weight is 242 g/mol. The number of rotatable bonds is 5. The molecule has 0 aliphatic carbocycles. The summed E-state index contributed by atoms with van der Waals surface area (Å²) >= 11 is 6.03. The van der Waals surface area contributed by atoms with E-state index in [0.717, 1.165) is 17.8 Å². The van der Waals surface area contributed by atoms with Crippen molar-refractivity contribution in [2.75, 3.05) is 18.4 Å². The summed E-state index contributed by atoms with van der Waals surface area (Å²) in [6.45, 7) is 7.89. The van der Waals surface area contributed by atoms with Crippen LogP contribution in [0.5, 0.6) is 0 Å². The van der Waals surface area contributed by atoms with Gasteiger partial charge in [-0.25, -0.2) is 4.98 Å². The van der Waals surface area contributed by atoms with Gasteiger partial charge in [-0.1, -0.05) is 25.4 Å². The zero-order valence-corrected chi connectivity index (χ0v) is 10.9. The van der Waals surface area contributed by atoms with Crippen molar-refractivity contribution in [1.29, 1.82) is 0 Å². The number of halogens is 1. The Hall–Kier alpha value is -0.800. The van der Waals surface area contributed by atoms with Gasteiger partial charge in [-0.05, 0) is 36.9 Å². The van der Waals surface area contributed by atoms with E-state index in [-0.39, 0.29) is 0 Å². The first-order chi connectivity index (χ1) is 7.56. The summed E-state index contributed by atoms with van der Waals surface area (Å²) in [4.78, 5) is 4.06. The molecule has 1 aromatic rings. The van der Waals surface area contributed by atoms with Gasteiger partial charge in [0.05, 0.1) is 5.69 Å². The number of anilines is 1. The van der Waals surface area contributed by atoms with Crippen molar-refractivity contribution >= 4 is 17.3 Å². The lowest BCUT2D eigenvalue weighted by Gasteiger charge is -2.20. The number of pyridine rings is 1. The first-order valence-corrected chi connectivity index (χ1v) is 5.99. The molecule has 16 heavy (non-hydrogen) atoms. The van der Waals surface area contributed by atoms with Crippen LogP contribution in [0.2, 0.25) is 5.15 Å². The molecule has 3 N–H and O–H groups in total.